The maximum absolute atomic E-state index is 12.0. The first-order valence-electron chi connectivity index (χ1n) is 6.79. The van der Waals surface area contributed by atoms with Crippen molar-refractivity contribution < 1.29 is 4.79 Å². The summed E-state index contributed by atoms with van der Waals surface area (Å²) in [4.78, 5) is 16.3. The number of anilines is 1. The number of nitrogens with one attached hydrogen (secondary N) is 2. The van der Waals surface area contributed by atoms with Crippen LogP contribution >= 0.6 is 0 Å². The third-order valence-electron chi connectivity index (χ3n) is 3.33. The van der Waals surface area contributed by atoms with Gasteiger partial charge in [0.05, 0.1) is 6.20 Å². The second-order valence-electron chi connectivity index (χ2n) is 4.95. The summed E-state index contributed by atoms with van der Waals surface area (Å²) in [6.45, 7) is 2.41. The second kappa shape index (κ2) is 5.36. The Bertz CT molecular complexity index is 591. The molecule has 0 fully saturated rings. The van der Waals surface area contributed by atoms with E-state index in [-0.39, 0.29) is 5.91 Å². The molecule has 0 spiro atoms. The predicted octanol–water partition coefficient (Wildman–Crippen LogP) is 0.405. The molecule has 0 unspecified atom stereocenters. The largest absolute Gasteiger partial charge is 0.356 e. The Balaban J connectivity index is 1.55. The first-order valence-corrected chi connectivity index (χ1v) is 6.79. The van der Waals surface area contributed by atoms with E-state index in [1.807, 2.05) is 24.0 Å². The van der Waals surface area contributed by atoms with E-state index in [0.29, 0.717) is 12.2 Å². The van der Waals surface area contributed by atoms with Crippen molar-refractivity contribution in [3.8, 4) is 0 Å². The number of hydrogen-bond acceptors (Lipinski definition) is 4. The Morgan fingerprint density at radius 1 is 1.50 bits per heavy atom. The van der Waals surface area contributed by atoms with Gasteiger partial charge >= 0.3 is 0 Å². The molecule has 1 amide bonds. The van der Waals surface area contributed by atoms with Crippen LogP contribution in [0.15, 0.2) is 18.6 Å². The summed E-state index contributed by atoms with van der Waals surface area (Å²) >= 11 is 0. The van der Waals surface area contributed by atoms with E-state index >= 15 is 0 Å². The summed E-state index contributed by atoms with van der Waals surface area (Å²) in [5.41, 5.74) is 1.58. The zero-order valence-corrected chi connectivity index (χ0v) is 11.5. The Hall–Kier alpha value is -2.31. The van der Waals surface area contributed by atoms with Crippen LogP contribution < -0.4 is 10.6 Å². The average Bonchev–Trinajstić information content (AvgIpc) is 3.04. The van der Waals surface area contributed by atoms with Crippen molar-refractivity contribution in [1.29, 1.82) is 0 Å². The molecule has 2 aromatic rings. The third kappa shape index (κ3) is 2.66. The number of aromatic nitrogens is 4. The van der Waals surface area contributed by atoms with E-state index in [1.54, 1.807) is 10.9 Å². The van der Waals surface area contributed by atoms with Crippen LogP contribution in [0.3, 0.4) is 0 Å². The number of aryl methyl sites for hydroxylation is 2. The van der Waals surface area contributed by atoms with Gasteiger partial charge in [-0.25, -0.2) is 4.98 Å². The van der Waals surface area contributed by atoms with Gasteiger partial charge in [0, 0.05) is 39.1 Å². The summed E-state index contributed by atoms with van der Waals surface area (Å²) in [6, 6.07) is 0. The molecule has 3 heterocycles. The van der Waals surface area contributed by atoms with Crippen molar-refractivity contribution in [3.05, 3.63) is 29.8 Å². The van der Waals surface area contributed by atoms with Crippen LogP contribution in [0.1, 0.15) is 22.5 Å². The van der Waals surface area contributed by atoms with Crippen LogP contribution in [0, 0.1) is 0 Å². The number of carbonyl (C=O) groups excluding carboxylic acids is 1. The Morgan fingerprint density at radius 2 is 2.40 bits per heavy atom. The lowest BCUT2D eigenvalue weighted by Crippen LogP contribution is -2.25. The minimum atomic E-state index is -0.127. The number of fused-ring (bicyclic) bond motifs is 1. The molecule has 2 N–H and O–H groups in total. The van der Waals surface area contributed by atoms with Gasteiger partial charge in [0.1, 0.15) is 5.69 Å². The van der Waals surface area contributed by atoms with Crippen molar-refractivity contribution >= 4 is 11.9 Å². The van der Waals surface area contributed by atoms with Gasteiger partial charge in [-0.1, -0.05) is 0 Å². The molecule has 0 aromatic carbocycles. The molecule has 0 radical (unpaired) electrons. The fourth-order valence-electron chi connectivity index (χ4n) is 2.30. The predicted molar refractivity (Wildman–Crippen MR) is 74.6 cm³/mol. The zero-order chi connectivity index (χ0) is 13.9. The number of imidazole rings is 1. The SMILES string of the molecule is Cn1cc(CCNC(=O)c2cn3c(n2)NCCC3)cn1. The standard InChI is InChI=1S/C13H18N6O/c1-18-8-10(7-16-18)3-5-14-12(20)11-9-19-6-2-4-15-13(19)17-11/h7-9H,2-6H2,1H3,(H,14,20)(H,15,17). The van der Waals surface area contributed by atoms with Gasteiger partial charge in [0.25, 0.3) is 5.91 Å². The van der Waals surface area contributed by atoms with Crippen molar-refractivity contribution in [2.24, 2.45) is 7.05 Å². The maximum atomic E-state index is 12.0. The van der Waals surface area contributed by atoms with Crippen LogP contribution in [0.25, 0.3) is 0 Å². The summed E-state index contributed by atoms with van der Waals surface area (Å²) in [5.74, 6) is 0.659. The van der Waals surface area contributed by atoms with E-state index in [1.165, 1.54) is 0 Å². The summed E-state index contributed by atoms with van der Waals surface area (Å²) in [5, 5.41) is 10.2. The van der Waals surface area contributed by atoms with Crippen molar-refractivity contribution in [2.75, 3.05) is 18.4 Å². The van der Waals surface area contributed by atoms with Crippen LogP contribution in [-0.4, -0.2) is 38.3 Å². The number of nitrogens with zero attached hydrogens (tertiary/aromatic N) is 4. The molecule has 3 rings (SSSR count). The first kappa shape index (κ1) is 12.7. The molecule has 0 saturated heterocycles. The summed E-state index contributed by atoms with van der Waals surface area (Å²) in [7, 11) is 1.88. The molecule has 7 nitrogen and oxygen atoms in total. The van der Waals surface area contributed by atoms with Crippen LogP contribution in [0.4, 0.5) is 5.95 Å². The molecule has 20 heavy (non-hydrogen) atoms. The molecular formula is C13H18N6O. The van der Waals surface area contributed by atoms with Gasteiger partial charge in [0.15, 0.2) is 0 Å². The second-order valence-corrected chi connectivity index (χ2v) is 4.95. The topological polar surface area (TPSA) is 76.8 Å². The number of carbonyl (C=O) groups is 1. The molecule has 0 bridgehead atoms. The van der Waals surface area contributed by atoms with E-state index in [0.717, 1.165) is 37.4 Å². The fourth-order valence-corrected chi connectivity index (χ4v) is 2.30. The van der Waals surface area contributed by atoms with Crippen molar-refractivity contribution in [3.63, 3.8) is 0 Å². The van der Waals surface area contributed by atoms with Crippen LogP contribution in [0.2, 0.25) is 0 Å². The Kier molecular flexibility index (Phi) is 3.41. The lowest BCUT2D eigenvalue weighted by Gasteiger charge is -2.14. The molecule has 1 aliphatic heterocycles. The molecule has 0 aliphatic carbocycles. The molecule has 1 aliphatic rings. The van der Waals surface area contributed by atoms with Gasteiger partial charge in [-0.05, 0) is 18.4 Å². The molecule has 106 valence electrons. The minimum Gasteiger partial charge on any atom is -0.356 e. The molecule has 0 saturated carbocycles. The molecule has 0 atom stereocenters. The van der Waals surface area contributed by atoms with E-state index in [9.17, 15) is 4.79 Å². The van der Waals surface area contributed by atoms with Gasteiger partial charge < -0.3 is 15.2 Å². The number of amides is 1. The zero-order valence-electron chi connectivity index (χ0n) is 11.5. The van der Waals surface area contributed by atoms with Crippen molar-refractivity contribution in [2.45, 2.75) is 19.4 Å². The van der Waals surface area contributed by atoms with E-state index in [2.05, 4.69) is 20.7 Å². The monoisotopic (exact) mass is 274 g/mol. The molecular weight excluding hydrogens is 256 g/mol. The molecule has 2 aromatic heterocycles. The van der Waals surface area contributed by atoms with Gasteiger partial charge in [0.2, 0.25) is 5.95 Å². The first-order chi connectivity index (χ1) is 9.72. The summed E-state index contributed by atoms with van der Waals surface area (Å²) < 4.78 is 3.74. The quantitative estimate of drug-likeness (QED) is 0.846. The average molecular weight is 274 g/mol. The lowest BCUT2D eigenvalue weighted by atomic mass is 10.2. The van der Waals surface area contributed by atoms with Gasteiger partial charge in [-0.3, -0.25) is 9.48 Å². The maximum Gasteiger partial charge on any atom is 0.271 e. The highest BCUT2D eigenvalue weighted by molar-refractivity contribution is 5.92. The molecule has 7 heteroatoms. The van der Waals surface area contributed by atoms with E-state index < -0.39 is 0 Å². The highest BCUT2D eigenvalue weighted by Crippen LogP contribution is 2.13. The lowest BCUT2D eigenvalue weighted by molar-refractivity contribution is 0.0949. The van der Waals surface area contributed by atoms with Gasteiger partial charge in [-0.2, -0.15) is 5.10 Å². The van der Waals surface area contributed by atoms with Gasteiger partial charge in [-0.15, -0.1) is 0 Å². The highest BCUT2D eigenvalue weighted by Gasteiger charge is 2.15. The normalized spacial score (nSPS) is 13.7. The van der Waals surface area contributed by atoms with Crippen LogP contribution in [0.5, 0.6) is 0 Å². The highest BCUT2D eigenvalue weighted by atomic mass is 16.1. The minimum absolute atomic E-state index is 0.127. The Labute approximate surface area is 117 Å². The summed E-state index contributed by atoms with van der Waals surface area (Å²) in [6.07, 6.45) is 7.40. The van der Waals surface area contributed by atoms with Crippen LogP contribution in [-0.2, 0) is 20.0 Å². The Morgan fingerprint density at radius 3 is 3.15 bits per heavy atom. The third-order valence-corrected chi connectivity index (χ3v) is 3.33. The van der Waals surface area contributed by atoms with Crippen molar-refractivity contribution in [1.82, 2.24) is 24.6 Å². The number of rotatable bonds is 4. The van der Waals surface area contributed by atoms with E-state index in [4.69, 9.17) is 0 Å². The number of hydrogen-bond donors (Lipinski definition) is 2. The fraction of sp³-hybridized carbons (Fsp3) is 0.462. The smallest absolute Gasteiger partial charge is 0.271 e.